The van der Waals surface area contributed by atoms with Crippen LogP contribution in [0.5, 0.6) is 0 Å². The van der Waals surface area contributed by atoms with Crippen LogP contribution in [-0.4, -0.2) is 31.0 Å². The van der Waals surface area contributed by atoms with Gasteiger partial charge in [-0.25, -0.2) is 4.98 Å². The second-order valence-corrected chi connectivity index (χ2v) is 4.01. The zero-order chi connectivity index (χ0) is 12.1. The van der Waals surface area contributed by atoms with Crippen molar-refractivity contribution in [2.24, 2.45) is 5.73 Å². The van der Waals surface area contributed by atoms with Crippen molar-refractivity contribution in [3.05, 3.63) is 18.3 Å². The summed E-state index contributed by atoms with van der Waals surface area (Å²) < 4.78 is 0. The third-order valence-corrected chi connectivity index (χ3v) is 2.17. The van der Waals surface area contributed by atoms with Gasteiger partial charge in [0.1, 0.15) is 5.82 Å². The molecule has 0 aromatic carbocycles. The zero-order valence-electron chi connectivity index (χ0n) is 9.90. The minimum atomic E-state index is -0.315. The molecule has 0 spiro atoms. The van der Waals surface area contributed by atoms with Crippen molar-refractivity contribution in [1.82, 2.24) is 4.98 Å². The van der Waals surface area contributed by atoms with Crippen molar-refractivity contribution in [3.63, 3.8) is 0 Å². The van der Waals surface area contributed by atoms with Crippen LogP contribution in [0, 0.1) is 0 Å². The van der Waals surface area contributed by atoms with Crippen LogP contribution in [0.2, 0.25) is 0 Å². The van der Waals surface area contributed by atoms with Gasteiger partial charge in [0.25, 0.3) is 0 Å². The molecule has 1 heterocycles. The number of hydrogen-bond acceptors (Lipinski definition) is 4. The third kappa shape index (κ3) is 3.76. The lowest BCUT2D eigenvalue weighted by molar-refractivity contribution is -0.118. The monoisotopic (exact) mass is 222 g/mol. The standard InChI is InChI=1S/C11H18N4O/c1-8(6-10(12)16)14-11-5-4-9(7-13-11)15(2)3/h4-5,7-8H,6H2,1-3H3,(H2,12,16)(H,13,14). The molecule has 1 unspecified atom stereocenters. The van der Waals surface area contributed by atoms with Crippen molar-refractivity contribution in [1.29, 1.82) is 0 Å². The molecule has 0 saturated heterocycles. The van der Waals surface area contributed by atoms with E-state index in [1.807, 2.05) is 38.1 Å². The summed E-state index contributed by atoms with van der Waals surface area (Å²) in [5.74, 6) is 0.435. The van der Waals surface area contributed by atoms with Crippen LogP contribution < -0.4 is 16.0 Å². The van der Waals surface area contributed by atoms with Crippen LogP contribution in [0.1, 0.15) is 13.3 Å². The molecule has 0 radical (unpaired) electrons. The summed E-state index contributed by atoms with van der Waals surface area (Å²) in [6.07, 6.45) is 2.08. The average molecular weight is 222 g/mol. The van der Waals surface area contributed by atoms with Gasteiger partial charge in [-0.2, -0.15) is 0 Å². The average Bonchev–Trinajstić information content (AvgIpc) is 2.16. The van der Waals surface area contributed by atoms with Gasteiger partial charge in [-0.1, -0.05) is 0 Å². The highest BCUT2D eigenvalue weighted by molar-refractivity contribution is 5.74. The Hall–Kier alpha value is -1.78. The summed E-state index contributed by atoms with van der Waals surface area (Å²) in [5, 5.41) is 3.11. The van der Waals surface area contributed by atoms with Crippen LogP contribution >= 0.6 is 0 Å². The highest BCUT2D eigenvalue weighted by Gasteiger charge is 2.06. The van der Waals surface area contributed by atoms with Gasteiger partial charge in [0.15, 0.2) is 0 Å². The van der Waals surface area contributed by atoms with Gasteiger partial charge in [-0.15, -0.1) is 0 Å². The molecule has 3 N–H and O–H groups in total. The number of anilines is 2. The number of nitrogens with two attached hydrogens (primary N) is 1. The normalized spacial score (nSPS) is 11.9. The Kier molecular flexibility index (Phi) is 4.10. The predicted octanol–water partition coefficient (Wildman–Crippen LogP) is 0.823. The Morgan fingerprint density at radius 1 is 1.56 bits per heavy atom. The van der Waals surface area contributed by atoms with Crippen LogP contribution in [-0.2, 0) is 4.79 Å². The number of carbonyl (C=O) groups is 1. The fourth-order valence-corrected chi connectivity index (χ4v) is 1.34. The molecule has 1 aromatic heterocycles. The lowest BCUT2D eigenvalue weighted by Gasteiger charge is -2.15. The fourth-order valence-electron chi connectivity index (χ4n) is 1.34. The Labute approximate surface area is 95.7 Å². The first-order valence-corrected chi connectivity index (χ1v) is 5.17. The fraction of sp³-hybridized carbons (Fsp3) is 0.455. The highest BCUT2D eigenvalue weighted by atomic mass is 16.1. The summed E-state index contributed by atoms with van der Waals surface area (Å²) in [6, 6.07) is 3.84. The number of primary amides is 1. The van der Waals surface area contributed by atoms with Crippen molar-refractivity contribution < 1.29 is 4.79 Å². The molecule has 0 aliphatic heterocycles. The van der Waals surface area contributed by atoms with Crippen molar-refractivity contribution in [2.75, 3.05) is 24.3 Å². The Morgan fingerprint density at radius 2 is 2.25 bits per heavy atom. The smallest absolute Gasteiger partial charge is 0.219 e. The summed E-state index contributed by atoms with van der Waals surface area (Å²) >= 11 is 0. The number of aromatic nitrogens is 1. The number of amides is 1. The Bertz CT molecular complexity index is 348. The van der Waals surface area contributed by atoms with Crippen LogP contribution in [0.4, 0.5) is 11.5 Å². The molecule has 1 aromatic rings. The van der Waals surface area contributed by atoms with Gasteiger partial charge in [0, 0.05) is 26.6 Å². The number of hydrogen-bond donors (Lipinski definition) is 2. The maximum absolute atomic E-state index is 10.7. The van der Waals surface area contributed by atoms with E-state index in [-0.39, 0.29) is 11.9 Å². The first kappa shape index (κ1) is 12.3. The molecular formula is C11H18N4O. The molecule has 0 aliphatic carbocycles. The molecule has 88 valence electrons. The molecule has 5 nitrogen and oxygen atoms in total. The SMILES string of the molecule is CC(CC(N)=O)Nc1ccc(N(C)C)cn1. The topological polar surface area (TPSA) is 71.2 Å². The number of pyridine rings is 1. The molecule has 0 aliphatic rings. The lowest BCUT2D eigenvalue weighted by atomic mass is 10.2. The van der Waals surface area contributed by atoms with Crippen LogP contribution in [0.15, 0.2) is 18.3 Å². The molecule has 0 fully saturated rings. The van der Waals surface area contributed by atoms with E-state index < -0.39 is 0 Å². The summed E-state index contributed by atoms with van der Waals surface area (Å²) in [5.41, 5.74) is 6.14. The van der Waals surface area contributed by atoms with E-state index in [0.717, 1.165) is 11.5 Å². The maximum atomic E-state index is 10.7. The molecular weight excluding hydrogens is 204 g/mol. The van der Waals surface area contributed by atoms with Gasteiger partial charge >= 0.3 is 0 Å². The van der Waals surface area contributed by atoms with Crippen molar-refractivity contribution >= 4 is 17.4 Å². The second-order valence-electron chi connectivity index (χ2n) is 4.01. The molecule has 5 heteroatoms. The van der Waals surface area contributed by atoms with Crippen LogP contribution in [0.25, 0.3) is 0 Å². The highest BCUT2D eigenvalue weighted by Crippen LogP contribution is 2.13. The summed E-state index contributed by atoms with van der Waals surface area (Å²) in [6.45, 7) is 1.90. The largest absolute Gasteiger partial charge is 0.376 e. The van der Waals surface area contributed by atoms with E-state index >= 15 is 0 Å². The van der Waals surface area contributed by atoms with E-state index in [0.29, 0.717) is 6.42 Å². The van der Waals surface area contributed by atoms with Gasteiger partial charge in [-0.05, 0) is 19.1 Å². The molecule has 0 bridgehead atoms. The summed E-state index contributed by atoms with van der Waals surface area (Å²) in [4.78, 5) is 16.9. The van der Waals surface area contributed by atoms with Gasteiger partial charge in [0.2, 0.25) is 5.91 Å². The van der Waals surface area contributed by atoms with Gasteiger partial charge in [0.05, 0.1) is 11.9 Å². The minimum Gasteiger partial charge on any atom is -0.376 e. The van der Waals surface area contributed by atoms with Gasteiger partial charge in [-0.3, -0.25) is 4.79 Å². The van der Waals surface area contributed by atoms with Crippen molar-refractivity contribution in [3.8, 4) is 0 Å². The molecule has 0 saturated carbocycles. The lowest BCUT2D eigenvalue weighted by Crippen LogP contribution is -2.24. The molecule has 1 amide bonds. The Morgan fingerprint density at radius 3 is 2.69 bits per heavy atom. The minimum absolute atomic E-state index is 0.00444. The third-order valence-electron chi connectivity index (χ3n) is 2.17. The summed E-state index contributed by atoms with van der Waals surface area (Å²) in [7, 11) is 3.92. The second kappa shape index (κ2) is 5.34. The predicted molar refractivity (Wildman–Crippen MR) is 65.5 cm³/mol. The van der Waals surface area contributed by atoms with E-state index in [1.54, 1.807) is 6.20 Å². The van der Waals surface area contributed by atoms with E-state index in [4.69, 9.17) is 5.73 Å². The number of nitrogens with one attached hydrogen (secondary N) is 1. The van der Waals surface area contributed by atoms with E-state index in [2.05, 4.69) is 10.3 Å². The quantitative estimate of drug-likeness (QED) is 0.774. The first-order valence-electron chi connectivity index (χ1n) is 5.17. The van der Waals surface area contributed by atoms with Crippen molar-refractivity contribution in [2.45, 2.75) is 19.4 Å². The van der Waals surface area contributed by atoms with E-state index in [9.17, 15) is 4.79 Å². The zero-order valence-corrected chi connectivity index (χ0v) is 9.90. The number of rotatable bonds is 5. The molecule has 1 atom stereocenters. The number of carbonyl (C=O) groups excluding carboxylic acids is 1. The van der Waals surface area contributed by atoms with Gasteiger partial charge < -0.3 is 16.0 Å². The number of nitrogens with zero attached hydrogens (tertiary/aromatic N) is 2. The van der Waals surface area contributed by atoms with E-state index in [1.165, 1.54) is 0 Å². The first-order chi connectivity index (χ1) is 7.49. The molecule has 1 rings (SSSR count). The molecule has 16 heavy (non-hydrogen) atoms. The van der Waals surface area contributed by atoms with Crippen LogP contribution in [0.3, 0.4) is 0 Å². The Balaban J connectivity index is 2.58. The maximum Gasteiger partial charge on any atom is 0.219 e.